The van der Waals surface area contributed by atoms with Crippen molar-refractivity contribution in [2.45, 2.75) is 32.6 Å². The molecule has 0 atom stereocenters. The van der Waals surface area contributed by atoms with Gasteiger partial charge in [-0.05, 0) is 26.3 Å². The third-order valence-electron chi connectivity index (χ3n) is 2.35. The lowest BCUT2D eigenvalue weighted by molar-refractivity contribution is 0.0834. The van der Waals surface area contributed by atoms with Gasteiger partial charge in [0, 0.05) is 6.54 Å². The minimum absolute atomic E-state index is 0.00889. The van der Waals surface area contributed by atoms with E-state index in [1.54, 1.807) is 0 Å². The van der Waals surface area contributed by atoms with Crippen molar-refractivity contribution in [3.05, 3.63) is 35.4 Å². The largest absolute Gasteiger partial charge is 0.377 e. The van der Waals surface area contributed by atoms with Crippen molar-refractivity contribution in [3.8, 4) is 0 Å². The zero-order valence-corrected chi connectivity index (χ0v) is 12.0. The zero-order valence-electron chi connectivity index (χ0n) is 11.1. The first-order chi connectivity index (χ1) is 8.39. The monoisotopic (exact) mass is 271 g/mol. The van der Waals surface area contributed by atoms with Gasteiger partial charge in [-0.25, -0.2) is 13.1 Å². The van der Waals surface area contributed by atoms with Crippen molar-refractivity contribution in [2.75, 3.05) is 13.2 Å². The molecule has 5 heteroatoms. The predicted molar refractivity (Wildman–Crippen MR) is 72.9 cm³/mol. The number of hydrogen-bond acceptors (Lipinski definition) is 3. The zero-order chi connectivity index (χ0) is 13.6. The van der Waals surface area contributed by atoms with Crippen LogP contribution in [-0.2, 0) is 20.5 Å². The van der Waals surface area contributed by atoms with Crippen LogP contribution in [0.1, 0.15) is 25.0 Å². The van der Waals surface area contributed by atoms with Crippen molar-refractivity contribution >= 4 is 10.0 Å². The highest BCUT2D eigenvalue weighted by Gasteiger charge is 2.10. The molecule has 0 saturated heterocycles. The number of rotatable bonds is 7. The lowest BCUT2D eigenvalue weighted by Gasteiger charge is -2.09. The van der Waals surface area contributed by atoms with Crippen molar-refractivity contribution in [1.29, 1.82) is 0 Å². The molecule has 0 aromatic heterocycles. The van der Waals surface area contributed by atoms with Crippen LogP contribution >= 0.6 is 0 Å². The molecule has 0 aliphatic heterocycles. The van der Waals surface area contributed by atoms with Crippen LogP contribution in [0.3, 0.4) is 0 Å². The number of hydrogen-bond donors (Lipinski definition) is 1. The van der Waals surface area contributed by atoms with Gasteiger partial charge in [-0.3, -0.25) is 0 Å². The molecule has 18 heavy (non-hydrogen) atoms. The molecule has 0 radical (unpaired) electrons. The molecule has 102 valence electrons. The first-order valence-corrected chi connectivity index (χ1v) is 7.69. The van der Waals surface area contributed by atoms with E-state index in [9.17, 15) is 8.42 Å². The van der Waals surface area contributed by atoms with Crippen LogP contribution in [0, 0.1) is 6.92 Å². The Bertz CT molecular complexity index is 452. The average molecular weight is 271 g/mol. The van der Waals surface area contributed by atoms with Crippen molar-refractivity contribution in [2.24, 2.45) is 0 Å². The predicted octanol–water partition coefficient (Wildman–Crippen LogP) is 1.84. The Labute approximate surface area is 109 Å². The maximum Gasteiger partial charge on any atom is 0.215 e. The molecule has 0 bridgehead atoms. The second-order valence-electron chi connectivity index (χ2n) is 4.56. The van der Waals surface area contributed by atoms with E-state index >= 15 is 0 Å². The average Bonchev–Trinajstić information content (AvgIpc) is 2.27. The number of sulfonamides is 1. The van der Waals surface area contributed by atoms with Crippen LogP contribution in [0.25, 0.3) is 0 Å². The summed E-state index contributed by atoms with van der Waals surface area (Å²) in [5, 5.41) is 0. The third kappa shape index (κ3) is 6.14. The second kappa shape index (κ2) is 6.87. The summed E-state index contributed by atoms with van der Waals surface area (Å²) < 4.78 is 31.3. The van der Waals surface area contributed by atoms with Crippen LogP contribution in [0.15, 0.2) is 24.3 Å². The van der Waals surface area contributed by atoms with Crippen molar-refractivity contribution < 1.29 is 13.2 Å². The third-order valence-corrected chi connectivity index (χ3v) is 3.71. The van der Waals surface area contributed by atoms with E-state index in [2.05, 4.69) is 4.72 Å². The summed E-state index contributed by atoms with van der Waals surface area (Å²) in [4.78, 5) is 0. The Balaban J connectivity index is 2.42. The molecule has 1 aromatic carbocycles. The SMILES string of the molecule is Cc1ccc(CS(=O)(=O)NCCOC(C)C)cc1. The lowest BCUT2D eigenvalue weighted by atomic mass is 10.2. The molecule has 0 spiro atoms. The molecule has 1 N–H and O–H groups in total. The fourth-order valence-electron chi connectivity index (χ4n) is 1.45. The lowest BCUT2D eigenvalue weighted by Crippen LogP contribution is -2.29. The molecule has 0 saturated carbocycles. The number of nitrogens with one attached hydrogen (secondary N) is 1. The number of benzene rings is 1. The Morgan fingerprint density at radius 1 is 1.22 bits per heavy atom. The van der Waals surface area contributed by atoms with E-state index in [0.29, 0.717) is 13.2 Å². The number of ether oxygens (including phenoxy) is 1. The van der Waals surface area contributed by atoms with E-state index in [-0.39, 0.29) is 11.9 Å². The van der Waals surface area contributed by atoms with E-state index in [0.717, 1.165) is 11.1 Å². The summed E-state index contributed by atoms with van der Waals surface area (Å²) in [6, 6.07) is 7.48. The van der Waals surface area contributed by atoms with Gasteiger partial charge in [0.2, 0.25) is 10.0 Å². The maximum absolute atomic E-state index is 11.8. The van der Waals surface area contributed by atoms with Gasteiger partial charge in [0.25, 0.3) is 0 Å². The second-order valence-corrected chi connectivity index (χ2v) is 6.37. The quantitative estimate of drug-likeness (QED) is 0.770. The van der Waals surface area contributed by atoms with Crippen LogP contribution in [0.2, 0.25) is 0 Å². The van der Waals surface area contributed by atoms with Gasteiger partial charge >= 0.3 is 0 Å². The van der Waals surface area contributed by atoms with Gasteiger partial charge in [-0.2, -0.15) is 0 Å². The Hall–Kier alpha value is -0.910. The molecule has 4 nitrogen and oxygen atoms in total. The van der Waals surface area contributed by atoms with E-state index in [4.69, 9.17) is 4.74 Å². The van der Waals surface area contributed by atoms with Gasteiger partial charge in [0.05, 0.1) is 18.5 Å². The molecule has 1 rings (SSSR count). The smallest absolute Gasteiger partial charge is 0.215 e. The molecule has 1 aromatic rings. The summed E-state index contributed by atoms with van der Waals surface area (Å²) in [5.41, 5.74) is 1.91. The molecular weight excluding hydrogens is 250 g/mol. The Kier molecular flexibility index (Phi) is 5.78. The van der Waals surface area contributed by atoms with Crippen molar-refractivity contribution in [3.63, 3.8) is 0 Å². The summed E-state index contributed by atoms with van der Waals surface area (Å²) in [5.74, 6) is 0.00889. The van der Waals surface area contributed by atoms with Crippen LogP contribution < -0.4 is 4.72 Å². The standard InChI is InChI=1S/C13H21NO3S/c1-11(2)17-9-8-14-18(15,16)10-13-6-4-12(3)5-7-13/h4-7,11,14H,8-10H2,1-3H3. The Morgan fingerprint density at radius 3 is 2.39 bits per heavy atom. The fourth-order valence-corrected chi connectivity index (χ4v) is 2.57. The van der Waals surface area contributed by atoms with Gasteiger partial charge in [-0.15, -0.1) is 0 Å². The summed E-state index contributed by atoms with van der Waals surface area (Å²) in [6.45, 7) is 6.51. The molecule has 0 aliphatic carbocycles. The first-order valence-electron chi connectivity index (χ1n) is 6.03. The molecule has 0 aliphatic rings. The summed E-state index contributed by atoms with van der Waals surface area (Å²) in [7, 11) is -3.28. The van der Waals surface area contributed by atoms with Crippen molar-refractivity contribution in [1.82, 2.24) is 4.72 Å². The van der Waals surface area contributed by atoms with Gasteiger partial charge in [-0.1, -0.05) is 29.8 Å². The van der Waals surface area contributed by atoms with Crippen LogP contribution in [-0.4, -0.2) is 27.7 Å². The topological polar surface area (TPSA) is 55.4 Å². The van der Waals surface area contributed by atoms with Gasteiger partial charge < -0.3 is 4.74 Å². The van der Waals surface area contributed by atoms with Crippen LogP contribution in [0.4, 0.5) is 0 Å². The van der Waals surface area contributed by atoms with Gasteiger partial charge in [0.15, 0.2) is 0 Å². The highest BCUT2D eigenvalue weighted by Crippen LogP contribution is 2.06. The highest BCUT2D eigenvalue weighted by atomic mass is 32.2. The minimum atomic E-state index is -3.28. The Morgan fingerprint density at radius 2 is 1.83 bits per heavy atom. The normalized spacial score (nSPS) is 12.0. The molecule has 0 fully saturated rings. The van der Waals surface area contributed by atoms with E-state index < -0.39 is 10.0 Å². The van der Waals surface area contributed by atoms with Gasteiger partial charge in [0.1, 0.15) is 0 Å². The van der Waals surface area contributed by atoms with E-state index in [1.165, 1.54) is 0 Å². The summed E-state index contributed by atoms with van der Waals surface area (Å²) >= 11 is 0. The molecule has 0 unspecified atom stereocenters. The molecule has 0 heterocycles. The first kappa shape index (κ1) is 15.1. The highest BCUT2D eigenvalue weighted by molar-refractivity contribution is 7.88. The number of aryl methyl sites for hydroxylation is 1. The molecular formula is C13H21NO3S. The molecule has 0 amide bonds. The minimum Gasteiger partial charge on any atom is -0.377 e. The van der Waals surface area contributed by atoms with Crippen LogP contribution in [0.5, 0.6) is 0 Å². The fraction of sp³-hybridized carbons (Fsp3) is 0.538. The summed E-state index contributed by atoms with van der Waals surface area (Å²) in [6.07, 6.45) is 0.117. The van der Waals surface area contributed by atoms with E-state index in [1.807, 2.05) is 45.0 Å². The maximum atomic E-state index is 11.8.